The maximum Gasteiger partial charge on any atom is 0.393 e. The van der Waals surface area contributed by atoms with Crippen LogP contribution in [0.5, 0.6) is 0 Å². The third-order valence-corrected chi connectivity index (χ3v) is 5.55. The highest BCUT2D eigenvalue weighted by atomic mass is 35.5. The Morgan fingerprint density at radius 3 is 2.50 bits per heavy atom. The highest BCUT2D eigenvalue weighted by Gasteiger charge is 2.29. The molecule has 0 saturated heterocycles. The topological polar surface area (TPSA) is 117 Å². The van der Waals surface area contributed by atoms with E-state index in [1.54, 1.807) is 28.2 Å². The smallest absolute Gasteiger partial charge is 0.393 e. The van der Waals surface area contributed by atoms with Crippen LogP contribution in [0.4, 0.5) is 18.9 Å². The van der Waals surface area contributed by atoms with Crippen LogP contribution in [0.1, 0.15) is 33.1 Å². The first-order valence-corrected chi connectivity index (χ1v) is 11.5. The molecule has 0 bridgehead atoms. The fourth-order valence-corrected chi connectivity index (χ4v) is 3.69. The van der Waals surface area contributed by atoms with E-state index in [2.05, 4.69) is 10.1 Å². The van der Waals surface area contributed by atoms with Crippen molar-refractivity contribution in [3.8, 4) is 5.69 Å². The second-order valence-corrected chi connectivity index (χ2v) is 8.44. The minimum atomic E-state index is -4.29. The van der Waals surface area contributed by atoms with Gasteiger partial charge in [0.25, 0.3) is 0 Å². The molecule has 0 aliphatic heterocycles. The van der Waals surface area contributed by atoms with Gasteiger partial charge in [0.05, 0.1) is 30.9 Å². The van der Waals surface area contributed by atoms with E-state index in [1.165, 1.54) is 0 Å². The third-order valence-electron chi connectivity index (χ3n) is 3.96. The standard InChI is InChI=1S/C13H15ClN4O.C6H10F3NO2S/c1-3-12(19)17(4-2)11-9-18(16-13(11)14)10-6-5-7-15-8-10;7-6(8,9)2-4-13(12)3-1-5(10)11/h5-9H,3-4H2,1-2H3;1-4H2,(H2,10,11). The quantitative estimate of drug-likeness (QED) is 0.536. The number of nitrogens with two attached hydrogens (primary N) is 1. The van der Waals surface area contributed by atoms with Crippen molar-refractivity contribution in [1.29, 1.82) is 0 Å². The Morgan fingerprint density at radius 2 is 2.00 bits per heavy atom. The molecule has 2 aromatic heterocycles. The molecule has 2 aromatic rings. The summed E-state index contributed by atoms with van der Waals surface area (Å²) in [7, 11) is 0. The second-order valence-electron chi connectivity index (χ2n) is 6.38. The molecule has 0 saturated carbocycles. The molecule has 178 valence electrons. The molecular weight excluding hydrogens is 471 g/mol. The van der Waals surface area contributed by atoms with Gasteiger partial charge in [-0.1, -0.05) is 29.7 Å². The number of amides is 2. The number of nitrogens with zero attached hydrogens (tertiary/aromatic N) is 4. The van der Waals surface area contributed by atoms with Crippen molar-refractivity contribution < 1.29 is 27.3 Å². The van der Waals surface area contributed by atoms with Crippen LogP contribution < -0.4 is 10.6 Å². The lowest BCUT2D eigenvalue weighted by molar-refractivity contribution is -0.130. The minimum Gasteiger partial charge on any atom is -0.616 e. The summed E-state index contributed by atoms with van der Waals surface area (Å²) in [6.45, 7) is 4.29. The van der Waals surface area contributed by atoms with Crippen LogP contribution >= 0.6 is 11.6 Å². The fourth-order valence-electron chi connectivity index (χ4n) is 2.36. The molecule has 1 unspecified atom stereocenters. The molecule has 8 nitrogen and oxygen atoms in total. The van der Waals surface area contributed by atoms with Crippen LogP contribution in [-0.4, -0.2) is 55.4 Å². The van der Waals surface area contributed by atoms with Crippen molar-refractivity contribution in [2.45, 2.75) is 39.3 Å². The monoisotopic (exact) mass is 495 g/mol. The zero-order chi connectivity index (χ0) is 24.3. The van der Waals surface area contributed by atoms with Crippen molar-refractivity contribution in [2.24, 2.45) is 5.73 Å². The normalized spacial score (nSPS) is 12.0. The van der Waals surface area contributed by atoms with Gasteiger partial charge in [0.2, 0.25) is 11.8 Å². The zero-order valence-electron chi connectivity index (χ0n) is 17.6. The Morgan fingerprint density at radius 1 is 1.31 bits per heavy atom. The molecule has 2 rings (SSSR count). The van der Waals surface area contributed by atoms with E-state index in [0.29, 0.717) is 23.8 Å². The maximum absolute atomic E-state index is 11.9. The number of hydrogen-bond acceptors (Lipinski definition) is 5. The summed E-state index contributed by atoms with van der Waals surface area (Å²) in [5, 5.41) is 4.53. The third kappa shape index (κ3) is 9.88. The molecular formula is C19H25ClF3N5O3S. The Kier molecular flexibility index (Phi) is 11.5. The molecule has 0 spiro atoms. The van der Waals surface area contributed by atoms with E-state index in [1.807, 2.05) is 26.0 Å². The SMILES string of the molecule is CCC(=O)N(CC)c1cn(-c2cccnc2)nc1Cl.NC(=O)CC[S+]([O-])CCC(F)(F)F. The van der Waals surface area contributed by atoms with Gasteiger partial charge in [-0.25, -0.2) is 4.68 Å². The van der Waals surface area contributed by atoms with Crippen LogP contribution in [0, 0.1) is 0 Å². The van der Waals surface area contributed by atoms with Crippen LogP contribution in [0.3, 0.4) is 0 Å². The lowest BCUT2D eigenvalue weighted by atomic mass is 10.3. The summed E-state index contributed by atoms with van der Waals surface area (Å²) in [5.41, 5.74) is 6.15. The minimum absolute atomic E-state index is 0.0233. The fraction of sp³-hybridized carbons (Fsp3) is 0.474. The number of anilines is 1. The molecule has 13 heteroatoms. The molecule has 1 atom stereocenters. The van der Waals surface area contributed by atoms with Crippen LogP contribution in [0.2, 0.25) is 5.15 Å². The van der Waals surface area contributed by atoms with Gasteiger partial charge in [0.15, 0.2) is 5.15 Å². The molecule has 2 N–H and O–H groups in total. The molecule has 2 amide bonds. The maximum atomic E-state index is 11.9. The van der Waals surface area contributed by atoms with Gasteiger partial charge in [0.1, 0.15) is 17.2 Å². The number of halogens is 4. The van der Waals surface area contributed by atoms with Crippen molar-refractivity contribution in [2.75, 3.05) is 23.0 Å². The van der Waals surface area contributed by atoms with Gasteiger partial charge in [-0.05, 0) is 19.1 Å². The lowest BCUT2D eigenvalue weighted by Gasteiger charge is -2.18. The first kappa shape index (κ1) is 27.7. The Labute approximate surface area is 192 Å². The largest absolute Gasteiger partial charge is 0.616 e. The molecule has 0 aliphatic carbocycles. The first-order valence-electron chi connectivity index (χ1n) is 9.64. The van der Waals surface area contributed by atoms with Crippen LogP contribution in [0.15, 0.2) is 30.7 Å². The zero-order valence-corrected chi connectivity index (χ0v) is 19.2. The predicted molar refractivity (Wildman–Crippen MR) is 117 cm³/mol. The van der Waals surface area contributed by atoms with Crippen molar-refractivity contribution in [3.63, 3.8) is 0 Å². The lowest BCUT2D eigenvalue weighted by Crippen LogP contribution is -2.29. The molecule has 0 fully saturated rings. The Hall–Kier alpha value is -2.31. The summed E-state index contributed by atoms with van der Waals surface area (Å²) in [6, 6.07) is 3.69. The average molecular weight is 496 g/mol. The number of pyridine rings is 1. The van der Waals surface area contributed by atoms with E-state index in [4.69, 9.17) is 17.3 Å². The van der Waals surface area contributed by atoms with Crippen molar-refractivity contribution >= 4 is 40.3 Å². The summed E-state index contributed by atoms with van der Waals surface area (Å²) in [4.78, 5) is 27.7. The number of rotatable bonds is 9. The number of hydrogen-bond donors (Lipinski definition) is 1. The van der Waals surface area contributed by atoms with Gasteiger partial charge >= 0.3 is 6.18 Å². The highest BCUT2D eigenvalue weighted by molar-refractivity contribution is 7.91. The van der Waals surface area contributed by atoms with E-state index < -0.39 is 35.4 Å². The number of alkyl halides is 3. The molecule has 32 heavy (non-hydrogen) atoms. The molecule has 0 aliphatic rings. The van der Waals surface area contributed by atoms with Crippen molar-refractivity contribution in [3.05, 3.63) is 35.9 Å². The van der Waals surface area contributed by atoms with Crippen LogP contribution in [-0.2, 0) is 20.8 Å². The van der Waals surface area contributed by atoms with Crippen LogP contribution in [0.25, 0.3) is 5.69 Å². The first-order chi connectivity index (χ1) is 15.0. The van der Waals surface area contributed by atoms with Gasteiger partial charge in [-0.15, -0.1) is 0 Å². The number of aromatic nitrogens is 3. The molecule has 2 heterocycles. The van der Waals surface area contributed by atoms with Gasteiger partial charge in [-0.3, -0.25) is 14.6 Å². The van der Waals surface area contributed by atoms with E-state index >= 15 is 0 Å². The number of primary amides is 1. The Balaban J connectivity index is 0.000000347. The molecule has 0 radical (unpaired) electrons. The van der Waals surface area contributed by atoms with Gasteiger partial charge < -0.3 is 15.2 Å². The van der Waals surface area contributed by atoms with E-state index in [-0.39, 0.29) is 18.1 Å². The van der Waals surface area contributed by atoms with Gasteiger partial charge in [-0.2, -0.15) is 18.3 Å². The van der Waals surface area contributed by atoms with E-state index in [0.717, 1.165) is 5.69 Å². The predicted octanol–water partition coefficient (Wildman–Crippen LogP) is 3.25. The summed E-state index contributed by atoms with van der Waals surface area (Å²) < 4.78 is 47.2. The highest BCUT2D eigenvalue weighted by Crippen LogP contribution is 2.26. The average Bonchev–Trinajstić information content (AvgIpc) is 3.13. The van der Waals surface area contributed by atoms with Crippen molar-refractivity contribution in [1.82, 2.24) is 14.8 Å². The second kappa shape index (κ2) is 13.3. The summed E-state index contributed by atoms with van der Waals surface area (Å²) in [5.74, 6) is -1.18. The van der Waals surface area contributed by atoms with Gasteiger partial charge in [0, 0.05) is 19.2 Å². The number of carbonyl (C=O) groups is 2. The summed E-state index contributed by atoms with van der Waals surface area (Å²) in [6.07, 6.45) is 0.0450. The number of carbonyl (C=O) groups excluding carboxylic acids is 2. The molecule has 0 aromatic carbocycles. The summed E-state index contributed by atoms with van der Waals surface area (Å²) >= 11 is 4.52. The van der Waals surface area contributed by atoms with E-state index in [9.17, 15) is 27.3 Å². The Bertz CT molecular complexity index is 868.